The summed E-state index contributed by atoms with van der Waals surface area (Å²) in [6.45, 7) is 3.95. The molecule has 2 N–H and O–H groups in total. The number of carbonyl (C=O) groups is 2. The van der Waals surface area contributed by atoms with E-state index in [1.165, 1.54) is 4.57 Å². The zero-order chi connectivity index (χ0) is 27.5. The lowest BCUT2D eigenvalue weighted by Gasteiger charge is -2.15. The van der Waals surface area contributed by atoms with Crippen molar-refractivity contribution in [3.05, 3.63) is 88.2 Å². The Kier molecular flexibility index (Phi) is 7.38. The van der Waals surface area contributed by atoms with Crippen molar-refractivity contribution in [2.24, 2.45) is 0 Å². The summed E-state index contributed by atoms with van der Waals surface area (Å²) in [7, 11) is 1.54. The van der Waals surface area contributed by atoms with E-state index in [1.54, 1.807) is 44.4 Å². The Bertz CT molecular complexity index is 1760. The molecule has 9 nitrogen and oxygen atoms in total. The summed E-state index contributed by atoms with van der Waals surface area (Å²) in [5, 5.41) is 4.00. The van der Waals surface area contributed by atoms with Crippen LogP contribution in [0, 0.1) is 6.92 Å². The predicted octanol–water partition coefficient (Wildman–Crippen LogP) is 5.09. The Morgan fingerprint density at radius 2 is 1.85 bits per heavy atom. The number of amides is 1. The van der Waals surface area contributed by atoms with Gasteiger partial charge in [-0.15, -0.1) is 0 Å². The number of para-hydroxylation sites is 1. The van der Waals surface area contributed by atoms with Gasteiger partial charge in [0.2, 0.25) is 5.91 Å². The van der Waals surface area contributed by atoms with E-state index in [4.69, 9.17) is 14.5 Å². The third-order valence-electron chi connectivity index (χ3n) is 6.08. The van der Waals surface area contributed by atoms with Crippen LogP contribution in [0.5, 0.6) is 5.75 Å². The SMILES string of the molecule is CCOC(=O)c1ccc(NC(=O)CSc2nc3c([nH]c4ccccc43)c(=O)n2-c2cc(C)ccc2OC)cc1. The molecule has 2 aromatic heterocycles. The lowest BCUT2D eigenvalue weighted by Crippen LogP contribution is -2.23. The first-order valence-corrected chi connectivity index (χ1v) is 13.3. The molecule has 1 amide bonds. The number of esters is 1. The van der Waals surface area contributed by atoms with Gasteiger partial charge in [0.05, 0.1) is 30.7 Å². The van der Waals surface area contributed by atoms with Crippen LogP contribution >= 0.6 is 11.8 Å². The number of ether oxygens (including phenoxy) is 2. The van der Waals surface area contributed by atoms with Crippen LogP contribution in [0.2, 0.25) is 0 Å². The summed E-state index contributed by atoms with van der Waals surface area (Å²) in [5.41, 5.74) is 3.82. The molecule has 0 saturated heterocycles. The maximum atomic E-state index is 13.9. The first kappa shape index (κ1) is 26.1. The van der Waals surface area contributed by atoms with Gasteiger partial charge in [-0.3, -0.25) is 9.59 Å². The van der Waals surface area contributed by atoms with Gasteiger partial charge in [0.1, 0.15) is 16.8 Å². The van der Waals surface area contributed by atoms with Crippen molar-refractivity contribution in [3.63, 3.8) is 0 Å². The molecule has 2 heterocycles. The molecule has 0 radical (unpaired) electrons. The highest BCUT2D eigenvalue weighted by Crippen LogP contribution is 2.30. The second kappa shape index (κ2) is 11.0. The Balaban J connectivity index is 1.49. The number of aryl methyl sites for hydroxylation is 1. The van der Waals surface area contributed by atoms with Crippen LogP contribution in [0.25, 0.3) is 27.6 Å². The third kappa shape index (κ3) is 5.23. The number of methoxy groups -OCH3 is 1. The summed E-state index contributed by atoms with van der Waals surface area (Å²) >= 11 is 1.15. The topological polar surface area (TPSA) is 115 Å². The number of benzene rings is 3. The molecule has 0 aliphatic carbocycles. The average molecular weight is 543 g/mol. The highest BCUT2D eigenvalue weighted by atomic mass is 32.2. The van der Waals surface area contributed by atoms with Gasteiger partial charge in [-0.2, -0.15) is 0 Å². The van der Waals surface area contributed by atoms with Crippen LogP contribution < -0.4 is 15.6 Å². The van der Waals surface area contributed by atoms with E-state index in [9.17, 15) is 14.4 Å². The van der Waals surface area contributed by atoms with Crippen LogP contribution in [0.4, 0.5) is 5.69 Å². The van der Waals surface area contributed by atoms with Crippen LogP contribution in [0.15, 0.2) is 76.7 Å². The van der Waals surface area contributed by atoms with E-state index < -0.39 is 5.97 Å². The van der Waals surface area contributed by atoms with Crippen LogP contribution in [0.3, 0.4) is 0 Å². The second-order valence-corrected chi connectivity index (χ2v) is 9.68. The van der Waals surface area contributed by atoms with Crippen molar-refractivity contribution in [1.29, 1.82) is 0 Å². The molecule has 3 aromatic carbocycles. The summed E-state index contributed by atoms with van der Waals surface area (Å²) in [6, 6.07) is 19.6. The highest BCUT2D eigenvalue weighted by Gasteiger charge is 2.20. The van der Waals surface area contributed by atoms with Crippen LogP contribution in [0.1, 0.15) is 22.8 Å². The molecule has 0 aliphatic rings. The lowest BCUT2D eigenvalue weighted by atomic mass is 10.2. The Labute approximate surface area is 228 Å². The number of hydrogen-bond acceptors (Lipinski definition) is 7. The first-order valence-electron chi connectivity index (χ1n) is 12.3. The average Bonchev–Trinajstić information content (AvgIpc) is 3.31. The molecule has 0 aliphatic heterocycles. The minimum atomic E-state index is -0.422. The number of anilines is 1. The molecular formula is C29H26N4O5S. The fourth-order valence-corrected chi connectivity index (χ4v) is 5.06. The Morgan fingerprint density at radius 3 is 2.59 bits per heavy atom. The number of nitrogens with one attached hydrogen (secondary N) is 2. The second-order valence-electron chi connectivity index (χ2n) is 8.74. The molecule has 0 fully saturated rings. The maximum absolute atomic E-state index is 13.9. The van der Waals surface area contributed by atoms with Gasteiger partial charge >= 0.3 is 5.97 Å². The quantitative estimate of drug-likeness (QED) is 0.159. The van der Waals surface area contributed by atoms with Gasteiger partial charge < -0.3 is 19.8 Å². The molecule has 0 spiro atoms. The molecule has 39 heavy (non-hydrogen) atoms. The fourth-order valence-electron chi connectivity index (χ4n) is 4.26. The number of carbonyl (C=O) groups excluding carboxylic acids is 2. The zero-order valence-electron chi connectivity index (χ0n) is 21.6. The van der Waals surface area contributed by atoms with E-state index in [-0.39, 0.29) is 23.8 Å². The lowest BCUT2D eigenvalue weighted by molar-refractivity contribution is -0.113. The van der Waals surface area contributed by atoms with Crippen molar-refractivity contribution in [2.75, 3.05) is 24.8 Å². The summed E-state index contributed by atoms with van der Waals surface area (Å²) in [4.78, 5) is 46.6. The molecular weight excluding hydrogens is 516 g/mol. The molecule has 0 atom stereocenters. The van der Waals surface area contributed by atoms with E-state index in [1.807, 2.05) is 43.3 Å². The zero-order valence-corrected chi connectivity index (χ0v) is 22.4. The van der Waals surface area contributed by atoms with Gasteiger partial charge in [0, 0.05) is 16.6 Å². The van der Waals surface area contributed by atoms with Gasteiger partial charge in [-0.1, -0.05) is 36.0 Å². The first-order chi connectivity index (χ1) is 18.9. The number of aromatic nitrogens is 3. The monoisotopic (exact) mass is 542 g/mol. The van der Waals surface area contributed by atoms with Crippen molar-refractivity contribution >= 4 is 51.3 Å². The predicted molar refractivity (Wildman–Crippen MR) is 152 cm³/mol. The van der Waals surface area contributed by atoms with Crippen LogP contribution in [-0.2, 0) is 9.53 Å². The summed E-state index contributed by atoms with van der Waals surface area (Å²) < 4.78 is 12.0. The number of rotatable bonds is 8. The number of thioether (sulfide) groups is 1. The van der Waals surface area contributed by atoms with E-state index in [0.717, 1.165) is 28.2 Å². The van der Waals surface area contributed by atoms with Crippen molar-refractivity contribution in [3.8, 4) is 11.4 Å². The fraction of sp³-hybridized carbons (Fsp3) is 0.172. The molecule has 0 bridgehead atoms. The van der Waals surface area contributed by atoms with Gasteiger partial charge in [0.25, 0.3) is 5.56 Å². The van der Waals surface area contributed by atoms with Gasteiger partial charge in [-0.05, 0) is 61.9 Å². The van der Waals surface area contributed by atoms with E-state index in [0.29, 0.717) is 38.9 Å². The molecule has 5 aromatic rings. The molecule has 0 unspecified atom stereocenters. The number of aromatic amines is 1. The van der Waals surface area contributed by atoms with Crippen molar-refractivity contribution in [1.82, 2.24) is 14.5 Å². The summed E-state index contributed by atoms with van der Waals surface area (Å²) in [6.07, 6.45) is 0. The molecule has 0 saturated carbocycles. The van der Waals surface area contributed by atoms with E-state index >= 15 is 0 Å². The van der Waals surface area contributed by atoms with Crippen LogP contribution in [-0.4, -0.2) is 45.9 Å². The number of H-pyrrole nitrogens is 1. The molecule has 5 rings (SSSR count). The Hall–Kier alpha value is -4.57. The molecule has 198 valence electrons. The minimum Gasteiger partial charge on any atom is -0.495 e. The summed E-state index contributed by atoms with van der Waals surface area (Å²) in [5.74, 6) is -0.212. The minimum absolute atomic E-state index is 0.00589. The standard InChI is InChI=1S/C29H26N4O5S/c1-4-38-28(36)18-10-12-19(13-11-18)30-24(34)16-39-29-32-25-20-7-5-6-8-21(20)31-26(25)27(35)33(29)22-15-17(2)9-14-23(22)37-3/h5-15,31H,4,16H2,1-3H3,(H,30,34). The smallest absolute Gasteiger partial charge is 0.338 e. The Morgan fingerprint density at radius 1 is 1.08 bits per heavy atom. The maximum Gasteiger partial charge on any atom is 0.338 e. The van der Waals surface area contributed by atoms with Crippen molar-refractivity contribution < 1.29 is 19.1 Å². The number of fused-ring (bicyclic) bond motifs is 3. The van der Waals surface area contributed by atoms with Gasteiger partial charge in [-0.25, -0.2) is 14.3 Å². The molecule has 10 heteroatoms. The number of nitrogens with zero attached hydrogens (tertiary/aromatic N) is 2. The normalized spacial score (nSPS) is 11.1. The van der Waals surface area contributed by atoms with Gasteiger partial charge in [0.15, 0.2) is 5.16 Å². The van der Waals surface area contributed by atoms with Crippen molar-refractivity contribution in [2.45, 2.75) is 19.0 Å². The largest absolute Gasteiger partial charge is 0.495 e. The van der Waals surface area contributed by atoms with E-state index in [2.05, 4.69) is 10.3 Å². The third-order valence-corrected chi connectivity index (χ3v) is 7.02. The highest BCUT2D eigenvalue weighted by molar-refractivity contribution is 7.99. The number of hydrogen-bond donors (Lipinski definition) is 2.